The number of rotatable bonds is 8. The number of nitrogens with zero attached hydrogens (tertiary/aromatic N) is 6. The Labute approximate surface area is 244 Å². The van der Waals surface area contributed by atoms with E-state index in [2.05, 4.69) is 35.9 Å². The molecule has 6 rings (SSSR count). The van der Waals surface area contributed by atoms with E-state index in [9.17, 15) is 9.18 Å². The number of pyridine rings is 2. The topological polar surface area (TPSA) is 162 Å². The van der Waals surface area contributed by atoms with Gasteiger partial charge in [0.05, 0.1) is 28.8 Å². The maximum absolute atomic E-state index is 13.6. The average Bonchev–Trinajstić information content (AvgIpc) is 3.71. The molecule has 1 fully saturated rings. The van der Waals surface area contributed by atoms with Crippen molar-refractivity contribution < 1.29 is 13.9 Å². The van der Waals surface area contributed by atoms with Gasteiger partial charge < -0.3 is 21.1 Å². The fourth-order valence-corrected chi connectivity index (χ4v) is 6.22. The number of nitrogens with one attached hydrogen (secondary N) is 3. The van der Waals surface area contributed by atoms with Gasteiger partial charge >= 0.3 is 0 Å². The lowest BCUT2D eigenvalue weighted by Crippen LogP contribution is -2.50. The largest absolute Gasteiger partial charge is 0.375 e. The Morgan fingerprint density at radius 1 is 1.24 bits per heavy atom. The number of amides is 1. The highest BCUT2D eigenvalue weighted by atomic mass is 32.1. The van der Waals surface area contributed by atoms with Gasteiger partial charge in [0, 0.05) is 37.1 Å². The van der Waals surface area contributed by atoms with Gasteiger partial charge in [0.1, 0.15) is 16.9 Å². The summed E-state index contributed by atoms with van der Waals surface area (Å²) in [6.45, 7) is 3.83. The van der Waals surface area contributed by atoms with Crippen LogP contribution < -0.4 is 16.4 Å². The molecule has 42 heavy (non-hydrogen) atoms. The van der Waals surface area contributed by atoms with E-state index in [4.69, 9.17) is 15.5 Å². The van der Waals surface area contributed by atoms with E-state index >= 15 is 0 Å². The van der Waals surface area contributed by atoms with Crippen LogP contribution in [0.4, 0.5) is 21.2 Å². The fraction of sp³-hybridized carbons (Fsp3) is 0.357. The molecule has 0 aromatic carbocycles. The number of H-pyrrole nitrogens is 1. The summed E-state index contributed by atoms with van der Waals surface area (Å²) in [6, 6.07) is 7.10. The van der Waals surface area contributed by atoms with Crippen LogP contribution in [0.2, 0.25) is 0 Å². The number of fused-ring (bicyclic) bond motifs is 1. The lowest BCUT2D eigenvalue weighted by atomic mass is 9.76. The lowest BCUT2D eigenvalue weighted by Gasteiger charge is -2.38. The van der Waals surface area contributed by atoms with Crippen molar-refractivity contribution in [2.45, 2.75) is 57.1 Å². The van der Waals surface area contributed by atoms with Gasteiger partial charge in [-0.25, -0.2) is 24.0 Å². The van der Waals surface area contributed by atoms with E-state index in [1.54, 1.807) is 19.4 Å². The van der Waals surface area contributed by atoms with Crippen LogP contribution in [0.1, 0.15) is 61.5 Å². The van der Waals surface area contributed by atoms with Crippen LogP contribution in [0.3, 0.4) is 0 Å². The molecule has 12 nitrogen and oxygen atoms in total. The number of hydrogen-bond donors (Lipinski definition) is 4. The quantitative estimate of drug-likeness (QED) is 0.201. The molecule has 0 radical (unpaired) electrons. The van der Waals surface area contributed by atoms with Crippen molar-refractivity contribution in [3.63, 3.8) is 0 Å². The van der Waals surface area contributed by atoms with Gasteiger partial charge in [0.2, 0.25) is 0 Å². The molecule has 5 N–H and O–H groups in total. The number of nitrogens with two attached hydrogens (primary N) is 1. The monoisotopic (exact) mass is 590 g/mol. The van der Waals surface area contributed by atoms with Crippen LogP contribution in [0.5, 0.6) is 0 Å². The Morgan fingerprint density at radius 2 is 2.05 bits per heavy atom. The normalized spacial score (nSPS) is 19.6. The second-order valence-electron chi connectivity index (χ2n) is 10.6. The number of hydrogen-bond acceptors (Lipinski definition) is 10. The van der Waals surface area contributed by atoms with Gasteiger partial charge in [-0.3, -0.25) is 9.89 Å². The van der Waals surface area contributed by atoms with Crippen LogP contribution in [-0.4, -0.2) is 53.5 Å². The third-order valence-electron chi connectivity index (χ3n) is 7.77. The van der Waals surface area contributed by atoms with Crippen molar-refractivity contribution in [1.29, 1.82) is 0 Å². The maximum atomic E-state index is 13.6. The third-order valence-corrected chi connectivity index (χ3v) is 8.60. The molecule has 1 amide bonds. The number of anilines is 3. The molecule has 1 aliphatic rings. The number of ether oxygens (including phenoxy) is 1. The molecule has 5 heterocycles. The van der Waals surface area contributed by atoms with E-state index in [1.165, 1.54) is 22.2 Å². The smallest absolute Gasteiger partial charge is 0.252 e. The van der Waals surface area contributed by atoms with Gasteiger partial charge in [-0.15, -0.1) is 0 Å². The van der Waals surface area contributed by atoms with E-state index in [1.807, 2.05) is 32.0 Å². The molecule has 1 aliphatic carbocycles. The molecule has 5 aromatic heterocycles. The molecule has 1 atom stereocenters. The Bertz CT molecular complexity index is 1720. The summed E-state index contributed by atoms with van der Waals surface area (Å²) in [5, 5.41) is 18.0. The molecule has 0 saturated heterocycles. The number of aryl methyl sites for hydroxylation is 1. The summed E-state index contributed by atoms with van der Waals surface area (Å²) in [5.41, 5.74) is 8.52. The van der Waals surface area contributed by atoms with Crippen molar-refractivity contribution in [2.24, 2.45) is 0 Å². The number of aromatic nitrogens is 7. The number of methoxy groups -OCH3 is 1. The summed E-state index contributed by atoms with van der Waals surface area (Å²) >= 11 is 1.42. The zero-order valence-corrected chi connectivity index (χ0v) is 24.2. The van der Waals surface area contributed by atoms with Crippen LogP contribution in [0.15, 0.2) is 42.9 Å². The van der Waals surface area contributed by atoms with Gasteiger partial charge in [-0.05, 0) is 51.2 Å². The van der Waals surface area contributed by atoms with Crippen molar-refractivity contribution >= 4 is 44.2 Å². The van der Waals surface area contributed by atoms with Gasteiger partial charge in [0.25, 0.3) is 5.91 Å². The zero-order valence-electron chi connectivity index (χ0n) is 23.4. The molecule has 0 bridgehead atoms. The maximum Gasteiger partial charge on any atom is 0.252 e. The van der Waals surface area contributed by atoms with Crippen LogP contribution in [0.25, 0.3) is 16.0 Å². The number of carbonyl (C=O) groups excluding carboxylic acids is 1. The van der Waals surface area contributed by atoms with Crippen molar-refractivity contribution in [1.82, 2.24) is 40.2 Å². The number of halogens is 1. The predicted molar refractivity (Wildman–Crippen MR) is 157 cm³/mol. The highest BCUT2D eigenvalue weighted by Gasteiger charge is 2.43. The van der Waals surface area contributed by atoms with E-state index in [0.717, 1.165) is 33.4 Å². The minimum absolute atomic E-state index is 0.0778. The Morgan fingerprint density at radius 3 is 2.69 bits per heavy atom. The van der Waals surface area contributed by atoms with Crippen LogP contribution in [-0.2, 0) is 9.53 Å². The summed E-state index contributed by atoms with van der Waals surface area (Å²) < 4.78 is 21.5. The van der Waals surface area contributed by atoms with Gasteiger partial charge in [0.15, 0.2) is 22.6 Å². The average molecular weight is 591 g/mol. The highest BCUT2D eigenvalue weighted by molar-refractivity contribution is 7.22. The minimum atomic E-state index is -0.965. The summed E-state index contributed by atoms with van der Waals surface area (Å²) in [5.74, 6) is 1.29. The minimum Gasteiger partial charge on any atom is -0.375 e. The van der Waals surface area contributed by atoms with Gasteiger partial charge in [-0.2, -0.15) is 10.2 Å². The number of thiazole rings is 1. The molecule has 0 unspecified atom stereocenters. The van der Waals surface area contributed by atoms with Gasteiger partial charge in [-0.1, -0.05) is 17.4 Å². The third kappa shape index (κ3) is 5.42. The van der Waals surface area contributed by atoms with Crippen molar-refractivity contribution in [3.8, 4) is 5.82 Å². The molecule has 218 valence electrons. The summed E-state index contributed by atoms with van der Waals surface area (Å²) in [6.07, 6.45) is 6.45. The number of nitrogen functional groups attached to an aromatic ring is 1. The standard InChI is InChI=1S/C28H31FN10O2S/c1-15-10-22(38-37-15)34-21-11-20-25(36-27(30)42-20)24(35-21)17-6-8-28(41-3,9-7-17)26(40)33-16(2)18-4-5-23(31-12-18)39-14-19(29)13-32-39/h4-5,10-14,16-17H,6-9H2,1-3H3,(H2,30,36)(H,33,40)(H2,34,35,37,38)/t16-,17?,28?/m0/s1. The molecule has 0 aliphatic heterocycles. The first kappa shape index (κ1) is 27.7. The van der Waals surface area contributed by atoms with Crippen molar-refractivity contribution in [2.75, 3.05) is 18.2 Å². The summed E-state index contributed by atoms with van der Waals surface area (Å²) in [7, 11) is 1.58. The molecule has 5 aromatic rings. The van der Waals surface area contributed by atoms with E-state index in [-0.39, 0.29) is 17.9 Å². The second kappa shape index (κ2) is 11.1. The number of aromatic amines is 1. The van der Waals surface area contributed by atoms with Crippen molar-refractivity contribution in [3.05, 3.63) is 65.6 Å². The second-order valence-corrected chi connectivity index (χ2v) is 11.6. The first-order chi connectivity index (χ1) is 20.2. The Kier molecular flexibility index (Phi) is 7.33. The summed E-state index contributed by atoms with van der Waals surface area (Å²) in [4.78, 5) is 27.4. The van der Waals surface area contributed by atoms with E-state index < -0.39 is 11.4 Å². The van der Waals surface area contributed by atoms with Crippen LogP contribution in [0, 0.1) is 12.7 Å². The molecular weight excluding hydrogens is 559 g/mol. The molecular formula is C28H31FN10O2S. The first-order valence-corrected chi connectivity index (χ1v) is 14.4. The first-order valence-electron chi connectivity index (χ1n) is 13.6. The highest BCUT2D eigenvalue weighted by Crippen LogP contribution is 2.43. The number of carbonyl (C=O) groups is 1. The fourth-order valence-electron chi connectivity index (χ4n) is 5.44. The molecule has 0 spiro atoms. The Balaban J connectivity index is 1.15. The van der Waals surface area contributed by atoms with E-state index in [0.29, 0.717) is 48.3 Å². The molecule has 1 saturated carbocycles. The van der Waals surface area contributed by atoms with Crippen LogP contribution >= 0.6 is 11.3 Å². The lowest BCUT2D eigenvalue weighted by molar-refractivity contribution is -0.148. The zero-order chi connectivity index (χ0) is 29.4. The Hall–Kier alpha value is -4.43. The molecule has 14 heteroatoms. The SMILES string of the molecule is COC1(C(=O)N[C@@H](C)c2ccc(-n3cc(F)cn3)nc2)CCC(c2nc(Nc3cc(C)[nH]n3)cc3sc(N)nc23)CC1. The predicted octanol–water partition coefficient (Wildman–Crippen LogP) is 4.69.